The third kappa shape index (κ3) is 1.66. The maximum atomic E-state index is 5.77. The van der Waals surface area contributed by atoms with Crippen LogP contribution in [0, 0.1) is 0 Å². The lowest BCUT2D eigenvalue weighted by molar-refractivity contribution is 0.735. The van der Waals surface area contributed by atoms with E-state index in [0.717, 1.165) is 30.7 Å². The summed E-state index contributed by atoms with van der Waals surface area (Å²) >= 11 is 1.83. The van der Waals surface area contributed by atoms with E-state index >= 15 is 0 Å². The van der Waals surface area contributed by atoms with Gasteiger partial charge < -0.3 is 10.6 Å². The molecule has 0 radical (unpaired) electrons. The van der Waals surface area contributed by atoms with Crippen molar-refractivity contribution in [1.82, 2.24) is 20.2 Å². The first kappa shape index (κ1) is 10.7. The summed E-state index contributed by atoms with van der Waals surface area (Å²) in [5.41, 5.74) is 7.84. The molecule has 1 aliphatic rings. The molecule has 0 unspecified atom stereocenters. The summed E-state index contributed by atoms with van der Waals surface area (Å²) in [7, 11) is 0. The number of nitrogens with zero attached hydrogens (tertiary/aromatic N) is 4. The van der Waals surface area contributed by atoms with Crippen LogP contribution in [0.25, 0.3) is 11.0 Å². The van der Waals surface area contributed by atoms with Crippen molar-refractivity contribution in [3.63, 3.8) is 0 Å². The van der Waals surface area contributed by atoms with Crippen molar-refractivity contribution in [1.29, 1.82) is 0 Å². The molecule has 1 aliphatic heterocycles. The van der Waals surface area contributed by atoms with Gasteiger partial charge in [0.15, 0.2) is 5.65 Å². The number of nitrogens with one attached hydrogen (secondary N) is 1. The lowest BCUT2D eigenvalue weighted by atomic mass is 10.1. The Bertz CT molecular complexity index is 746. The Morgan fingerprint density at radius 1 is 1.37 bits per heavy atom. The molecule has 0 aliphatic carbocycles. The van der Waals surface area contributed by atoms with Crippen LogP contribution in [0.15, 0.2) is 17.6 Å². The van der Waals surface area contributed by atoms with Crippen LogP contribution in [0.3, 0.4) is 0 Å². The van der Waals surface area contributed by atoms with Crippen LogP contribution in [-0.2, 0) is 13.0 Å². The zero-order chi connectivity index (χ0) is 12.8. The number of H-pyrrole nitrogens is 1. The van der Waals surface area contributed by atoms with Gasteiger partial charge in [-0.25, -0.2) is 0 Å². The molecule has 0 saturated carbocycles. The van der Waals surface area contributed by atoms with E-state index < -0.39 is 0 Å². The molecule has 96 valence electrons. The number of aromatic nitrogens is 4. The molecule has 0 amide bonds. The largest absolute Gasteiger partial charge is 0.368 e. The van der Waals surface area contributed by atoms with Gasteiger partial charge in [0.1, 0.15) is 5.82 Å². The predicted octanol–water partition coefficient (Wildman–Crippen LogP) is 1.56. The minimum Gasteiger partial charge on any atom is -0.368 e. The van der Waals surface area contributed by atoms with Crippen molar-refractivity contribution < 1.29 is 0 Å². The van der Waals surface area contributed by atoms with Crippen LogP contribution < -0.4 is 10.6 Å². The second-order valence-corrected chi connectivity index (χ2v) is 5.58. The molecule has 4 rings (SSSR count). The van der Waals surface area contributed by atoms with Gasteiger partial charge in [-0.1, -0.05) is 0 Å². The highest BCUT2D eigenvalue weighted by Gasteiger charge is 2.21. The second-order valence-electron chi connectivity index (χ2n) is 4.58. The lowest BCUT2D eigenvalue weighted by Crippen LogP contribution is -2.30. The molecule has 0 bridgehead atoms. The molecule has 0 spiro atoms. The summed E-state index contributed by atoms with van der Waals surface area (Å²) < 4.78 is 0. The molecule has 7 heteroatoms. The SMILES string of the molecule is Nc1nc(N2CCc3sccc3C2)c2cn[nH]c2n1. The summed E-state index contributed by atoms with van der Waals surface area (Å²) in [6, 6.07) is 2.18. The Balaban J connectivity index is 1.81. The van der Waals surface area contributed by atoms with Gasteiger partial charge >= 0.3 is 0 Å². The Kier molecular flexibility index (Phi) is 2.22. The number of anilines is 2. The summed E-state index contributed by atoms with van der Waals surface area (Å²) in [4.78, 5) is 12.3. The van der Waals surface area contributed by atoms with Crippen LogP contribution >= 0.6 is 11.3 Å². The molecule has 19 heavy (non-hydrogen) atoms. The van der Waals surface area contributed by atoms with Crippen LogP contribution in [0.5, 0.6) is 0 Å². The van der Waals surface area contributed by atoms with Gasteiger partial charge in [0, 0.05) is 18.0 Å². The molecule has 0 fully saturated rings. The van der Waals surface area contributed by atoms with E-state index in [4.69, 9.17) is 5.73 Å². The van der Waals surface area contributed by atoms with Crippen LogP contribution in [0.2, 0.25) is 0 Å². The number of thiophene rings is 1. The van der Waals surface area contributed by atoms with Gasteiger partial charge in [0.25, 0.3) is 0 Å². The van der Waals surface area contributed by atoms with Crippen LogP contribution in [0.4, 0.5) is 11.8 Å². The second kappa shape index (κ2) is 3.92. The van der Waals surface area contributed by atoms with Gasteiger partial charge in [-0.05, 0) is 23.4 Å². The first-order valence-corrected chi connectivity index (χ1v) is 6.96. The molecular weight excluding hydrogens is 260 g/mol. The normalized spacial score (nSPS) is 14.8. The van der Waals surface area contributed by atoms with E-state index in [2.05, 4.69) is 36.5 Å². The van der Waals surface area contributed by atoms with E-state index in [1.54, 1.807) is 6.20 Å². The van der Waals surface area contributed by atoms with Gasteiger partial charge in [-0.2, -0.15) is 15.1 Å². The number of hydrogen-bond donors (Lipinski definition) is 2. The molecule has 0 saturated heterocycles. The maximum absolute atomic E-state index is 5.77. The number of nitrogens with two attached hydrogens (primary N) is 1. The zero-order valence-corrected chi connectivity index (χ0v) is 10.9. The Morgan fingerprint density at radius 2 is 2.32 bits per heavy atom. The Hall–Kier alpha value is -2.15. The van der Waals surface area contributed by atoms with Gasteiger partial charge in [0.2, 0.25) is 5.95 Å². The number of nitrogen functional groups attached to an aromatic ring is 1. The van der Waals surface area contributed by atoms with E-state index in [0.29, 0.717) is 5.65 Å². The standard InChI is InChI=1S/C12H12N6S/c13-12-15-10-8(5-14-17-10)11(16-12)18-3-1-9-7(6-18)2-4-19-9/h2,4-5H,1,3,6H2,(H3,13,14,15,16,17). The zero-order valence-electron chi connectivity index (χ0n) is 10.1. The van der Waals surface area contributed by atoms with Crippen molar-refractivity contribution >= 4 is 34.1 Å². The highest BCUT2D eigenvalue weighted by Crippen LogP contribution is 2.30. The van der Waals surface area contributed by atoms with Crippen molar-refractivity contribution in [3.05, 3.63) is 28.1 Å². The average molecular weight is 272 g/mol. The van der Waals surface area contributed by atoms with Crippen LogP contribution in [-0.4, -0.2) is 26.7 Å². The van der Waals surface area contributed by atoms with Crippen molar-refractivity contribution in [2.75, 3.05) is 17.2 Å². The lowest BCUT2D eigenvalue weighted by Gasteiger charge is -2.28. The van der Waals surface area contributed by atoms with E-state index in [1.165, 1.54) is 10.4 Å². The monoisotopic (exact) mass is 272 g/mol. The molecule has 6 nitrogen and oxygen atoms in total. The Morgan fingerprint density at radius 3 is 3.26 bits per heavy atom. The number of fused-ring (bicyclic) bond motifs is 2. The molecule has 3 aromatic heterocycles. The molecule has 0 atom stereocenters. The average Bonchev–Trinajstić information content (AvgIpc) is 3.04. The smallest absolute Gasteiger partial charge is 0.224 e. The number of hydrogen-bond acceptors (Lipinski definition) is 6. The summed E-state index contributed by atoms with van der Waals surface area (Å²) in [5, 5.41) is 9.95. The van der Waals surface area contributed by atoms with Gasteiger partial charge in [-0.15, -0.1) is 11.3 Å². The number of aromatic amines is 1. The number of rotatable bonds is 1. The fourth-order valence-corrected chi connectivity index (χ4v) is 3.40. The van der Waals surface area contributed by atoms with Crippen molar-refractivity contribution in [2.45, 2.75) is 13.0 Å². The molecule has 3 N–H and O–H groups in total. The van der Waals surface area contributed by atoms with E-state index in [1.807, 2.05) is 11.3 Å². The maximum Gasteiger partial charge on any atom is 0.224 e. The quantitative estimate of drug-likeness (QED) is 0.702. The molecule has 4 heterocycles. The minimum atomic E-state index is 0.280. The fraction of sp³-hybridized carbons (Fsp3) is 0.250. The summed E-state index contributed by atoms with van der Waals surface area (Å²) in [6.07, 6.45) is 2.81. The Labute approximate surface area is 113 Å². The minimum absolute atomic E-state index is 0.280. The predicted molar refractivity (Wildman–Crippen MR) is 75.2 cm³/mol. The first-order chi connectivity index (χ1) is 9.31. The molecule has 3 aromatic rings. The van der Waals surface area contributed by atoms with Gasteiger partial charge in [-0.3, -0.25) is 5.10 Å². The molecule has 0 aromatic carbocycles. The summed E-state index contributed by atoms with van der Waals surface area (Å²) in [6.45, 7) is 1.82. The third-order valence-electron chi connectivity index (χ3n) is 3.41. The van der Waals surface area contributed by atoms with Crippen molar-refractivity contribution in [2.24, 2.45) is 0 Å². The van der Waals surface area contributed by atoms with E-state index in [-0.39, 0.29) is 5.95 Å². The molecular formula is C12H12N6S. The highest BCUT2D eigenvalue weighted by atomic mass is 32.1. The van der Waals surface area contributed by atoms with Gasteiger partial charge in [0.05, 0.1) is 11.6 Å². The first-order valence-electron chi connectivity index (χ1n) is 6.08. The van der Waals surface area contributed by atoms with Crippen molar-refractivity contribution in [3.8, 4) is 0 Å². The highest BCUT2D eigenvalue weighted by molar-refractivity contribution is 7.10. The topological polar surface area (TPSA) is 83.7 Å². The van der Waals surface area contributed by atoms with E-state index in [9.17, 15) is 0 Å². The summed E-state index contributed by atoms with van der Waals surface area (Å²) in [5.74, 6) is 1.15. The van der Waals surface area contributed by atoms with Crippen LogP contribution in [0.1, 0.15) is 10.4 Å². The third-order valence-corrected chi connectivity index (χ3v) is 4.44. The fourth-order valence-electron chi connectivity index (χ4n) is 2.51.